The molecule has 0 aliphatic heterocycles. The largest absolute Gasteiger partial charge is 0.394 e. The molecular formula is C21H36O5. The fourth-order valence-corrected chi connectivity index (χ4v) is 7.31. The van der Waals surface area contributed by atoms with Gasteiger partial charge >= 0.3 is 0 Å². The van der Waals surface area contributed by atoms with Gasteiger partial charge in [0.25, 0.3) is 0 Å². The van der Waals surface area contributed by atoms with E-state index in [2.05, 4.69) is 0 Å². The Morgan fingerprint density at radius 2 is 1.92 bits per heavy atom. The summed E-state index contributed by atoms with van der Waals surface area (Å²) >= 11 is 0. The molecule has 10 atom stereocenters. The summed E-state index contributed by atoms with van der Waals surface area (Å²) < 4.78 is 41.9. The normalized spacial score (nSPS) is 67.3. The van der Waals surface area contributed by atoms with Gasteiger partial charge in [-0.05, 0) is 80.4 Å². The second kappa shape index (κ2) is 6.15. The third-order valence-corrected chi connectivity index (χ3v) is 8.69. The molecular weight excluding hydrogens is 332 g/mol. The first-order chi connectivity index (χ1) is 14.0. The summed E-state index contributed by atoms with van der Waals surface area (Å²) in [5.41, 5.74) is -3.34. The Bertz CT molecular complexity index is 750. The predicted molar refractivity (Wildman–Crippen MR) is 97.2 cm³/mol. The summed E-state index contributed by atoms with van der Waals surface area (Å²) in [6, 6.07) is 0. The van der Waals surface area contributed by atoms with Crippen LogP contribution in [-0.2, 0) is 0 Å². The zero-order valence-electron chi connectivity index (χ0n) is 20.6. The van der Waals surface area contributed by atoms with E-state index in [0.717, 1.165) is 0 Å². The highest BCUT2D eigenvalue weighted by molar-refractivity contribution is 5.17. The van der Waals surface area contributed by atoms with Crippen LogP contribution in [0.15, 0.2) is 0 Å². The van der Waals surface area contributed by atoms with E-state index in [1.165, 1.54) is 0 Å². The van der Waals surface area contributed by atoms with Crippen LogP contribution in [0.1, 0.15) is 72.0 Å². The SMILES string of the molecule is [2H]C1([2H])C[C@]2(C)[C@@H]3[C@@H](CC[C@@H]2C([2H])([2H])[C@]1([2H])O)[C@@H]1CC[C@](O)([C@@H](O)CO)[C@@]1(C)C[C@@H]3O. The van der Waals surface area contributed by atoms with Crippen molar-refractivity contribution in [1.29, 1.82) is 0 Å². The lowest BCUT2D eigenvalue weighted by atomic mass is 9.43. The molecule has 5 nitrogen and oxygen atoms in total. The van der Waals surface area contributed by atoms with E-state index in [4.69, 9.17) is 6.85 Å². The number of aliphatic hydroxyl groups is 5. The van der Waals surface area contributed by atoms with E-state index in [-0.39, 0.29) is 24.7 Å². The zero-order valence-corrected chi connectivity index (χ0v) is 15.6. The van der Waals surface area contributed by atoms with Crippen molar-refractivity contribution in [3.63, 3.8) is 0 Å². The smallest absolute Gasteiger partial charge is 0.106 e. The fraction of sp³-hybridized carbons (Fsp3) is 1.00. The minimum Gasteiger partial charge on any atom is -0.394 e. The van der Waals surface area contributed by atoms with E-state index in [1.54, 1.807) is 6.92 Å². The molecule has 0 saturated heterocycles. The maximum absolute atomic E-state index is 11.4. The van der Waals surface area contributed by atoms with Gasteiger partial charge in [0.1, 0.15) is 6.10 Å². The molecule has 0 amide bonds. The highest BCUT2D eigenvalue weighted by Crippen LogP contribution is 2.68. The fourth-order valence-electron chi connectivity index (χ4n) is 7.31. The molecule has 5 heteroatoms. The van der Waals surface area contributed by atoms with Crippen LogP contribution in [-0.4, -0.2) is 56.0 Å². The number of fused-ring (bicyclic) bond motifs is 5. The summed E-state index contributed by atoms with van der Waals surface area (Å²) in [6.45, 7) is 3.06. The van der Waals surface area contributed by atoms with Gasteiger partial charge in [0.05, 0.1) is 25.8 Å². The van der Waals surface area contributed by atoms with Crippen molar-refractivity contribution in [3.05, 3.63) is 0 Å². The Morgan fingerprint density at radius 3 is 2.62 bits per heavy atom. The summed E-state index contributed by atoms with van der Waals surface area (Å²) in [5.74, 6) is -1.41. The molecule has 0 aromatic heterocycles. The van der Waals surface area contributed by atoms with E-state index in [0.29, 0.717) is 25.7 Å². The molecule has 4 aliphatic carbocycles. The zero-order chi connectivity index (χ0) is 23.4. The Hall–Kier alpha value is -0.200. The van der Waals surface area contributed by atoms with E-state index < -0.39 is 65.9 Å². The molecule has 4 aliphatic rings. The highest BCUT2D eigenvalue weighted by atomic mass is 16.4. The van der Waals surface area contributed by atoms with E-state index >= 15 is 0 Å². The molecule has 4 rings (SSSR count). The molecule has 26 heavy (non-hydrogen) atoms. The van der Waals surface area contributed by atoms with Gasteiger partial charge in [-0.3, -0.25) is 0 Å². The maximum Gasteiger partial charge on any atom is 0.106 e. The lowest BCUT2D eigenvalue weighted by molar-refractivity contribution is -0.224. The summed E-state index contributed by atoms with van der Waals surface area (Å²) in [4.78, 5) is 0. The van der Waals surface area contributed by atoms with Crippen molar-refractivity contribution in [2.75, 3.05) is 6.61 Å². The minimum atomic E-state index is -2.88. The van der Waals surface area contributed by atoms with E-state index in [1.807, 2.05) is 6.92 Å². The Labute approximate surface area is 163 Å². The van der Waals surface area contributed by atoms with Gasteiger partial charge < -0.3 is 25.5 Å². The predicted octanol–water partition coefficient (Wildman–Crippen LogP) is 1.45. The van der Waals surface area contributed by atoms with Crippen LogP contribution in [0.5, 0.6) is 0 Å². The molecule has 0 aromatic rings. The molecule has 0 unspecified atom stereocenters. The number of hydrogen-bond acceptors (Lipinski definition) is 5. The lowest BCUT2D eigenvalue weighted by Gasteiger charge is -2.63. The van der Waals surface area contributed by atoms with Crippen molar-refractivity contribution >= 4 is 0 Å². The molecule has 0 bridgehead atoms. The van der Waals surface area contributed by atoms with Crippen LogP contribution in [0.25, 0.3) is 0 Å². The lowest BCUT2D eigenvalue weighted by Crippen LogP contribution is -2.64. The van der Waals surface area contributed by atoms with Crippen LogP contribution in [0.2, 0.25) is 0 Å². The van der Waals surface area contributed by atoms with Crippen LogP contribution in [0.4, 0.5) is 0 Å². The van der Waals surface area contributed by atoms with Gasteiger partial charge in [0.2, 0.25) is 0 Å². The standard InChI is InChI=1S/C21H36O5/c1-19-7-5-13(23)9-12(19)3-4-14-15-6-8-21(26,17(25)11-22)20(15,2)10-16(24)18(14)19/h12-18,22-26H,3-11H2,1-2H3/t12-,13-,14+,15+,16+,17+,18-,19+,20+,21+/m1/s1/i5D2,9D2,13D. The van der Waals surface area contributed by atoms with E-state index in [9.17, 15) is 25.5 Å². The topological polar surface area (TPSA) is 101 Å². The molecule has 4 saturated carbocycles. The number of rotatable bonds is 2. The van der Waals surface area contributed by atoms with Crippen LogP contribution in [0, 0.1) is 34.5 Å². The number of hydrogen-bond donors (Lipinski definition) is 5. The Balaban J connectivity index is 1.76. The monoisotopic (exact) mass is 373 g/mol. The first-order valence-corrected chi connectivity index (χ1v) is 9.93. The quantitative estimate of drug-likeness (QED) is 0.504. The van der Waals surface area contributed by atoms with Gasteiger partial charge in [-0.1, -0.05) is 13.8 Å². The van der Waals surface area contributed by atoms with Gasteiger partial charge in [-0.25, -0.2) is 0 Å². The van der Waals surface area contributed by atoms with Crippen molar-refractivity contribution in [2.24, 2.45) is 34.5 Å². The second-order valence-corrected chi connectivity index (χ2v) is 9.63. The second-order valence-electron chi connectivity index (χ2n) is 9.63. The first-order valence-electron chi connectivity index (χ1n) is 12.4. The van der Waals surface area contributed by atoms with Gasteiger partial charge in [0.15, 0.2) is 0 Å². The average molecular weight is 374 g/mol. The van der Waals surface area contributed by atoms with Gasteiger partial charge in [-0.15, -0.1) is 0 Å². The molecule has 150 valence electrons. The Morgan fingerprint density at radius 1 is 1.19 bits per heavy atom. The molecule has 4 fully saturated rings. The third-order valence-electron chi connectivity index (χ3n) is 8.69. The van der Waals surface area contributed by atoms with Crippen molar-refractivity contribution in [1.82, 2.24) is 0 Å². The number of aliphatic hydroxyl groups excluding tert-OH is 3. The minimum absolute atomic E-state index is 0.0709. The molecule has 0 heterocycles. The van der Waals surface area contributed by atoms with Gasteiger partial charge in [-0.2, -0.15) is 0 Å². The van der Waals surface area contributed by atoms with Crippen molar-refractivity contribution in [2.45, 2.75) is 89.0 Å². The average Bonchev–Trinajstić information content (AvgIpc) is 2.90. The first kappa shape index (κ1) is 13.9. The highest BCUT2D eigenvalue weighted by Gasteiger charge is 2.68. The maximum atomic E-state index is 11.4. The third kappa shape index (κ3) is 2.33. The molecule has 0 radical (unpaired) electrons. The van der Waals surface area contributed by atoms with Crippen LogP contribution in [0.3, 0.4) is 0 Å². The van der Waals surface area contributed by atoms with Crippen LogP contribution < -0.4 is 0 Å². The summed E-state index contributed by atoms with van der Waals surface area (Å²) in [6.07, 6.45) is -8.44. The van der Waals surface area contributed by atoms with Crippen molar-refractivity contribution in [3.8, 4) is 0 Å². The summed E-state index contributed by atoms with van der Waals surface area (Å²) in [7, 11) is 0. The Kier molecular flexibility index (Phi) is 3.28. The van der Waals surface area contributed by atoms with Crippen molar-refractivity contribution < 1.29 is 32.4 Å². The molecule has 5 N–H and O–H groups in total. The molecule has 0 spiro atoms. The van der Waals surface area contributed by atoms with Gasteiger partial charge in [0, 0.05) is 10.9 Å². The summed E-state index contributed by atoms with van der Waals surface area (Å²) in [5, 5.41) is 53.2. The van der Waals surface area contributed by atoms with Crippen LogP contribution >= 0.6 is 0 Å². The molecule has 0 aromatic carbocycles.